The average molecular weight is 270 g/mol. The molecular formula is C15H10O5. The van der Waals surface area contributed by atoms with Gasteiger partial charge in [-0.2, -0.15) is 0 Å². The van der Waals surface area contributed by atoms with Crippen LogP contribution in [0.15, 0.2) is 47.8 Å². The Bertz CT molecular complexity index is 722. The number of rotatable bonds is 0. The summed E-state index contributed by atoms with van der Waals surface area (Å²) in [6.45, 7) is 0. The van der Waals surface area contributed by atoms with Crippen molar-refractivity contribution in [1.29, 1.82) is 0 Å². The van der Waals surface area contributed by atoms with Crippen LogP contribution in [0.5, 0.6) is 17.2 Å². The minimum Gasteiger partial charge on any atom is -0.508 e. The van der Waals surface area contributed by atoms with E-state index in [-0.39, 0.29) is 22.8 Å². The molecule has 0 aromatic heterocycles. The summed E-state index contributed by atoms with van der Waals surface area (Å²) in [6.07, 6.45) is 7.56. The van der Waals surface area contributed by atoms with Crippen molar-refractivity contribution >= 4 is 11.6 Å². The van der Waals surface area contributed by atoms with Crippen LogP contribution in [-0.2, 0) is 4.79 Å². The van der Waals surface area contributed by atoms with Crippen LogP contribution in [0.4, 0.5) is 0 Å². The fraction of sp³-hybridized carbons (Fsp3) is 0.0667. The molecule has 0 bridgehead atoms. The number of carbonyl (C=O) groups excluding carboxylic acids is 2. The molecule has 2 N–H and O–H groups in total. The maximum absolute atomic E-state index is 12.1. The molecule has 3 rings (SSSR count). The van der Waals surface area contributed by atoms with Gasteiger partial charge in [0, 0.05) is 17.7 Å². The second-order valence-electron chi connectivity index (χ2n) is 4.44. The van der Waals surface area contributed by atoms with Crippen LogP contribution in [0.2, 0.25) is 0 Å². The van der Waals surface area contributed by atoms with Crippen molar-refractivity contribution in [2.45, 2.75) is 6.42 Å². The van der Waals surface area contributed by atoms with Gasteiger partial charge in [-0.3, -0.25) is 9.59 Å². The van der Waals surface area contributed by atoms with E-state index in [2.05, 4.69) is 0 Å². The molecule has 0 fully saturated rings. The fourth-order valence-corrected chi connectivity index (χ4v) is 2.16. The normalized spacial score (nSPS) is 20.8. The lowest BCUT2D eigenvalue weighted by atomic mass is 9.96. The minimum absolute atomic E-state index is 0.0162. The Morgan fingerprint density at radius 2 is 1.85 bits per heavy atom. The number of Topliss-reactive ketones (excluding diaryl/α,β-unsaturated/α-hetero) is 2. The number of allylic oxidation sites excluding steroid dienone is 6. The molecule has 0 radical (unpaired) electrons. The Labute approximate surface area is 114 Å². The van der Waals surface area contributed by atoms with Gasteiger partial charge in [0.15, 0.2) is 5.76 Å². The van der Waals surface area contributed by atoms with Crippen LogP contribution < -0.4 is 4.74 Å². The molecule has 1 aliphatic carbocycles. The van der Waals surface area contributed by atoms with Gasteiger partial charge in [0.05, 0.1) is 0 Å². The summed E-state index contributed by atoms with van der Waals surface area (Å²) in [4.78, 5) is 24.1. The molecule has 0 atom stereocenters. The lowest BCUT2D eigenvalue weighted by Gasteiger charge is -2.20. The molecule has 0 unspecified atom stereocenters. The molecule has 20 heavy (non-hydrogen) atoms. The van der Waals surface area contributed by atoms with Gasteiger partial charge in [0.25, 0.3) is 5.78 Å². The lowest BCUT2D eigenvalue weighted by molar-refractivity contribution is -0.114. The zero-order chi connectivity index (χ0) is 14.3. The molecule has 1 aromatic carbocycles. The predicted molar refractivity (Wildman–Crippen MR) is 69.7 cm³/mol. The fourth-order valence-electron chi connectivity index (χ4n) is 2.16. The van der Waals surface area contributed by atoms with E-state index in [4.69, 9.17) is 4.74 Å². The zero-order valence-corrected chi connectivity index (χ0v) is 10.3. The van der Waals surface area contributed by atoms with E-state index in [1.165, 1.54) is 6.07 Å². The Morgan fingerprint density at radius 1 is 1.05 bits per heavy atom. The van der Waals surface area contributed by atoms with Crippen LogP contribution in [0.1, 0.15) is 16.8 Å². The van der Waals surface area contributed by atoms with Gasteiger partial charge in [-0.05, 0) is 6.42 Å². The highest BCUT2D eigenvalue weighted by Gasteiger charge is 2.35. The van der Waals surface area contributed by atoms with Gasteiger partial charge in [-0.1, -0.05) is 24.3 Å². The summed E-state index contributed by atoms with van der Waals surface area (Å²) in [5, 5.41) is 19.1. The first-order chi connectivity index (χ1) is 9.58. The summed E-state index contributed by atoms with van der Waals surface area (Å²) in [6, 6.07) is 2.19. The number of ketones is 2. The van der Waals surface area contributed by atoms with E-state index in [0.29, 0.717) is 12.0 Å². The van der Waals surface area contributed by atoms with Crippen LogP contribution in [0.3, 0.4) is 0 Å². The molecule has 1 aromatic rings. The second kappa shape index (κ2) is 4.38. The molecule has 0 saturated carbocycles. The van der Waals surface area contributed by atoms with Crippen molar-refractivity contribution in [2.75, 3.05) is 0 Å². The third kappa shape index (κ3) is 1.80. The number of phenolic OH excluding ortho intramolecular Hbond substituents is 2. The van der Waals surface area contributed by atoms with Gasteiger partial charge >= 0.3 is 0 Å². The third-order valence-electron chi connectivity index (χ3n) is 3.09. The van der Waals surface area contributed by atoms with Crippen molar-refractivity contribution in [3.63, 3.8) is 0 Å². The highest BCUT2D eigenvalue weighted by Crippen LogP contribution is 2.38. The van der Waals surface area contributed by atoms with Gasteiger partial charge < -0.3 is 14.9 Å². The zero-order valence-electron chi connectivity index (χ0n) is 10.3. The molecule has 0 saturated heterocycles. The molecule has 5 heteroatoms. The van der Waals surface area contributed by atoms with Gasteiger partial charge in [0.2, 0.25) is 5.78 Å². The van der Waals surface area contributed by atoms with E-state index in [9.17, 15) is 19.8 Å². The Hall–Kier alpha value is -2.82. The summed E-state index contributed by atoms with van der Waals surface area (Å²) < 4.78 is 5.42. The highest BCUT2D eigenvalue weighted by molar-refractivity contribution is 6.50. The first kappa shape index (κ1) is 12.2. The summed E-state index contributed by atoms with van der Waals surface area (Å²) >= 11 is 0. The highest BCUT2D eigenvalue weighted by atomic mass is 16.5. The van der Waals surface area contributed by atoms with Gasteiger partial charge in [-0.25, -0.2) is 0 Å². The van der Waals surface area contributed by atoms with Crippen LogP contribution >= 0.6 is 0 Å². The number of phenols is 2. The van der Waals surface area contributed by atoms with E-state index >= 15 is 0 Å². The summed E-state index contributed by atoms with van der Waals surface area (Å²) in [7, 11) is 0. The lowest BCUT2D eigenvalue weighted by Crippen LogP contribution is -2.27. The summed E-state index contributed by atoms with van der Waals surface area (Å²) in [5.74, 6) is -2.43. The summed E-state index contributed by atoms with van der Waals surface area (Å²) in [5.41, 5.74) is 0.367. The second-order valence-corrected chi connectivity index (χ2v) is 4.44. The number of hydrogen-bond donors (Lipinski definition) is 2. The van der Waals surface area contributed by atoms with E-state index in [0.717, 1.165) is 6.07 Å². The van der Waals surface area contributed by atoms with E-state index in [1.54, 1.807) is 12.2 Å². The molecule has 1 heterocycles. The predicted octanol–water partition coefficient (Wildman–Crippen LogP) is 2.01. The number of carbonyl (C=O) groups is 2. The standard InChI is InChI=1S/C15H10O5/c16-9-6-10(17)12-11(7-9)20-15(14(19)13(12)18)8-4-2-1-3-5-8/h1-4,6-7,16-17H,5H2. The number of fused-ring (bicyclic) bond motifs is 1. The first-order valence-electron chi connectivity index (χ1n) is 5.97. The molecule has 0 spiro atoms. The van der Waals surface area contributed by atoms with Crippen molar-refractivity contribution in [1.82, 2.24) is 0 Å². The molecular weight excluding hydrogens is 260 g/mol. The first-order valence-corrected chi connectivity index (χ1v) is 5.97. The van der Waals surface area contributed by atoms with Crippen LogP contribution in [0.25, 0.3) is 0 Å². The van der Waals surface area contributed by atoms with E-state index < -0.39 is 17.3 Å². The van der Waals surface area contributed by atoms with Gasteiger partial charge in [-0.15, -0.1) is 0 Å². The molecule has 1 aliphatic heterocycles. The number of hydrogen-bond acceptors (Lipinski definition) is 5. The van der Waals surface area contributed by atoms with Crippen LogP contribution in [0, 0.1) is 0 Å². The monoisotopic (exact) mass is 270 g/mol. The largest absolute Gasteiger partial charge is 0.508 e. The van der Waals surface area contributed by atoms with Crippen molar-refractivity contribution in [2.24, 2.45) is 0 Å². The van der Waals surface area contributed by atoms with E-state index in [1.807, 2.05) is 12.2 Å². The molecule has 2 aliphatic rings. The third-order valence-corrected chi connectivity index (χ3v) is 3.09. The number of aromatic hydroxyl groups is 2. The Morgan fingerprint density at radius 3 is 2.55 bits per heavy atom. The van der Waals surface area contributed by atoms with Crippen molar-refractivity contribution in [3.8, 4) is 17.2 Å². The average Bonchev–Trinajstić information content (AvgIpc) is 2.43. The maximum Gasteiger partial charge on any atom is 0.269 e. The maximum atomic E-state index is 12.1. The number of benzene rings is 1. The Balaban J connectivity index is 2.17. The minimum atomic E-state index is -0.839. The smallest absolute Gasteiger partial charge is 0.269 e. The topological polar surface area (TPSA) is 83.8 Å². The quantitative estimate of drug-likeness (QED) is 0.556. The SMILES string of the molecule is O=C1C(=O)c2c(O)cc(O)cc2OC1=C1C=CC=CC1. The van der Waals surface area contributed by atoms with Crippen LogP contribution in [-0.4, -0.2) is 21.8 Å². The number of ether oxygens (including phenoxy) is 1. The van der Waals surface area contributed by atoms with Crippen molar-refractivity contribution in [3.05, 3.63) is 53.3 Å². The Kier molecular flexibility index (Phi) is 2.68. The van der Waals surface area contributed by atoms with Crippen molar-refractivity contribution < 1.29 is 24.5 Å². The molecule has 0 amide bonds. The molecule has 100 valence electrons. The molecule has 5 nitrogen and oxygen atoms in total. The van der Waals surface area contributed by atoms with Gasteiger partial charge in [0.1, 0.15) is 22.8 Å².